The maximum absolute atomic E-state index is 10.6. The predicted octanol–water partition coefficient (Wildman–Crippen LogP) is 0.799. The second kappa shape index (κ2) is 4.23. The minimum atomic E-state index is -0.715. The van der Waals surface area contributed by atoms with Gasteiger partial charge in [0.2, 0.25) is 5.91 Å². The molecule has 0 heterocycles. The van der Waals surface area contributed by atoms with Gasteiger partial charge >= 0.3 is 0 Å². The van der Waals surface area contributed by atoms with E-state index < -0.39 is 10.8 Å². The number of carbonyl (C=O) groups is 1. The lowest BCUT2D eigenvalue weighted by atomic mass is 10.1. The van der Waals surface area contributed by atoms with Crippen LogP contribution in [0.5, 0.6) is 5.75 Å². The van der Waals surface area contributed by atoms with Crippen LogP contribution in [0.15, 0.2) is 24.3 Å². The molecule has 0 aliphatic carbocycles. The van der Waals surface area contributed by atoms with Crippen molar-refractivity contribution in [1.82, 2.24) is 0 Å². The Hall–Kier alpha value is -2.37. The van der Waals surface area contributed by atoms with E-state index in [0.717, 1.165) is 12.1 Å². The van der Waals surface area contributed by atoms with Crippen molar-refractivity contribution in [2.75, 3.05) is 0 Å². The Kier molecular flexibility index (Phi) is 3.02. The van der Waals surface area contributed by atoms with Crippen LogP contribution in [0.2, 0.25) is 0 Å². The first-order chi connectivity index (χ1) is 7.00. The fraction of sp³-hybridized carbons (Fsp3) is 0. The number of nitrogens with two attached hydrogens (primary N) is 1. The number of aromatic hydroxyl groups is 1. The number of phenolic OH excluding ortho intramolecular Hbond substituents is 1. The summed E-state index contributed by atoms with van der Waals surface area (Å²) in [4.78, 5) is 20.4. The van der Waals surface area contributed by atoms with E-state index in [1.165, 1.54) is 18.2 Å². The molecule has 0 radical (unpaired) electrons. The van der Waals surface area contributed by atoms with Crippen LogP contribution in [0.4, 0.5) is 5.69 Å². The van der Waals surface area contributed by atoms with Gasteiger partial charge in [-0.1, -0.05) is 0 Å². The zero-order chi connectivity index (χ0) is 11.4. The average molecular weight is 208 g/mol. The van der Waals surface area contributed by atoms with Gasteiger partial charge in [-0.2, -0.15) is 0 Å². The SMILES string of the molecule is NC(=O)C=Cc1cc(O)ccc1[N+](=O)[O-]. The number of carbonyl (C=O) groups excluding carboxylic acids is 1. The summed E-state index contributed by atoms with van der Waals surface area (Å²) in [7, 11) is 0. The Labute approximate surface area is 84.8 Å². The molecular weight excluding hydrogens is 200 g/mol. The second-order valence-electron chi connectivity index (χ2n) is 2.74. The van der Waals surface area contributed by atoms with Gasteiger partial charge in [-0.3, -0.25) is 14.9 Å². The highest BCUT2D eigenvalue weighted by molar-refractivity contribution is 5.91. The number of benzene rings is 1. The highest BCUT2D eigenvalue weighted by Gasteiger charge is 2.11. The number of nitrogens with zero attached hydrogens (tertiary/aromatic N) is 1. The van der Waals surface area contributed by atoms with Crippen LogP contribution in [0, 0.1) is 10.1 Å². The monoisotopic (exact) mass is 208 g/mol. The zero-order valence-electron chi connectivity index (χ0n) is 7.58. The van der Waals surface area contributed by atoms with Crippen LogP contribution < -0.4 is 5.73 Å². The molecule has 0 aliphatic rings. The topological polar surface area (TPSA) is 106 Å². The maximum atomic E-state index is 10.6. The molecule has 0 aliphatic heterocycles. The third-order valence-corrected chi connectivity index (χ3v) is 1.63. The van der Waals surface area contributed by atoms with Gasteiger partial charge in [0.25, 0.3) is 5.69 Å². The van der Waals surface area contributed by atoms with Crippen LogP contribution in [0.25, 0.3) is 6.08 Å². The van der Waals surface area contributed by atoms with Gasteiger partial charge in [-0.25, -0.2) is 0 Å². The van der Waals surface area contributed by atoms with E-state index in [0.29, 0.717) is 0 Å². The number of amides is 1. The van der Waals surface area contributed by atoms with E-state index in [-0.39, 0.29) is 17.0 Å². The fourth-order valence-electron chi connectivity index (χ4n) is 1.01. The quantitative estimate of drug-likeness (QED) is 0.435. The second-order valence-corrected chi connectivity index (χ2v) is 2.74. The Balaban J connectivity index is 3.18. The van der Waals surface area contributed by atoms with E-state index in [2.05, 4.69) is 0 Å². The van der Waals surface area contributed by atoms with Gasteiger partial charge in [0.15, 0.2) is 0 Å². The van der Waals surface area contributed by atoms with Crippen LogP contribution in [-0.2, 0) is 4.79 Å². The van der Waals surface area contributed by atoms with Crippen molar-refractivity contribution >= 4 is 17.7 Å². The summed E-state index contributed by atoms with van der Waals surface area (Å²) in [6.45, 7) is 0. The molecule has 1 aromatic carbocycles. The molecule has 0 unspecified atom stereocenters. The van der Waals surface area contributed by atoms with Crippen LogP contribution >= 0.6 is 0 Å². The molecule has 6 heteroatoms. The molecule has 1 rings (SSSR count). The first-order valence-electron chi connectivity index (χ1n) is 3.95. The summed E-state index contributed by atoms with van der Waals surface area (Å²) < 4.78 is 0. The standard InChI is InChI=1S/C9H8N2O4/c10-9(13)4-1-6-5-7(12)2-3-8(6)11(14)15/h1-5,12H,(H2,10,13). The minimum absolute atomic E-state index is 0.121. The molecule has 1 aromatic rings. The van der Waals surface area contributed by atoms with Gasteiger partial charge in [-0.15, -0.1) is 0 Å². The number of hydrogen-bond acceptors (Lipinski definition) is 4. The fourth-order valence-corrected chi connectivity index (χ4v) is 1.01. The van der Waals surface area contributed by atoms with E-state index in [9.17, 15) is 14.9 Å². The lowest BCUT2D eigenvalue weighted by Gasteiger charge is -1.97. The van der Waals surface area contributed by atoms with Gasteiger partial charge < -0.3 is 10.8 Å². The molecule has 0 bridgehead atoms. The predicted molar refractivity (Wildman–Crippen MR) is 53.0 cm³/mol. The normalized spacial score (nSPS) is 10.4. The van der Waals surface area contributed by atoms with E-state index in [4.69, 9.17) is 10.8 Å². The highest BCUT2D eigenvalue weighted by atomic mass is 16.6. The third-order valence-electron chi connectivity index (χ3n) is 1.63. The van der Waals surface area contributed by atoms with Crippen LogP contribution in [-0.4, -0.2) is 15.9 Å². The summed E-state index contributed by atoms with van der Waals surface area (Å²) in [5.74, 6) is -0.836. The van der Waals surface area contributed by atoms with Gasteiger partial charge in [0.05, 0.1) is 10.5 Å². The smallest absolute Gasteiger partial charge is 0.276 e. The van der Waals surface area contributed by atoms with Crippen molar-refractivity contribution in [3.05, 3.63) is 40.0 Å². The Morgan fingerprint density at radius 1 is 1.53 bits per heavy atom. The summed E-state index contributed by atoms with van der Waals surface area (Å²) in [5.41, 5.74) is 4.77. The Bertz CT molecular complexity index is 440. The van der Waals surface area contributed by atoms with Crippen molar-refractivity contribution in [3.8, 4) is 5.75 Å². The summed E-state index contributed by atoms with van der Waals surface area (Å²) >= 11 is 0. The molecule has 1 amide bonds. The van der Waals surface area contributed by atoms with Crippen LogP contribution in [0.1, 0.15) is 5.56 Å². The first kappa shape index (κ1) is 10.7. The van der Waals surface area contributed by atoms with E-state index in [1.807, 2.05) is 0 Å². The van der Waals surface area contributed by atoms with Crippen molar-refractivity contribution in [2.24, 2.45) is 5.73 Å². The van der Waals surface area contributed by atoms with Crippen molar-refractivity contribution in [3.63, 3.8) is 0 Å². The molecule has 6 nitrogen and oxygen atoms in total. The number of rotatable bonds is 3. The third kappa shape index (κ3) is 2.80. The maximum Gasteiger partial charge on any atom is 0.276 e. The zero-order valence-corrected chi connectivity index (χ0v) is 7.58. The van der Waals surface area contributed by atoms with Crippen LogP contribution in [0.3, 0.4) is 0 Å². The number of hydrogen-bond donors (Lipinski definition) is 2. The molecular formula is C9H8N2O4. The average Bonchev–Trinajstić information content (AvgIpc) is 2.14. The van der Waals surface area contributed by atoms with E-state index >= 15 is 0 Å². The largest absolute Gasteiger partial charge is 0.508 e. The summed E-state index contributed by atoms with van der Waals surface area (Å²) in [6.07, 6.45) is 2.17. The van der Waals surface area contributed by atoms with E-state index in [1.54, 1.807) is 0 Å². The first-order valence-corrected chi connectivity index (χ1v) is 3.95. The van der Waals surface area contributed by atoms with Gasteiger partial charge in [0.1, 0.15) is 5.75 Å². The van der Waals surface area contributed by atoms with Crippen molar-refractivity contribution in [1.29, 1.82) is 0 Å². The molecule has 3 N–H and O–H groups in total. The molecule has 0 fully saturated rings. The molecule has 78 valence electrons. The molecule has 0 spiro atoms. The molecule has 15 heavy (non-hydrogen) atoms. The number of phenols is 1. The van der Waals surface area contributed by atoms with Gasteiger partial charge in [-0.05, 0) is 18.2 Å². The lowest BCUT2D eigenvalue weighted by molar-refractivity contribution is -0.385. The number of nitro benzene ring substituents is 1. The molecule has 0 saturated carbocycles. The number of primary amides is 1. The summed E-state index contributed by atoms with van der Waals surface area (Å²) in [5, 5.41) is 19.7. The molecule has 0 atom stereocenters. The Morgan fingerprint density at radius 2 is 2.20 bits per heavy atom. The lowest BCUT2D eigenvalue weighted by Crippen LogP contribution is -2.05. The molecule has 0 saturated heterocycles. The molecule has 0 aromatic heterocycles. The highest BCUT2D eigenvalue weighted by Crippen LogP contribution is 2.24. The Morgan fingerprint density at radius 3 is 2.73 bits per heavy atom. The van der Waals surface area contributed by atoms with Gasteiger partial charge in [0, 0.05) is 12.1 Å². The van der Waals surface area contributed by atoms with Crippen molar-refractivity contribution in [2.45, 2.75) is 0 Å². The number of nitro groups is 1. The van der Waals surface area contributed by atoms with Crippen molar-refractivity contribution < 1.29 is 14.8 Å². The summed E-state index contributed by atoms with van der Waals surface area (Å²) in [6, 6.07) is 3.52. The minimum Gasteiger partial charge on any atom is -0.508 e.